The summed E-state index contributed by atoms with van der Waals surface area (Å²) in [5.74, 6) is 1.26. The lowest BCUT2D eigenvalue weighted by Gasteiger charge is -1.99. The minimum absolute atomic E-state index is 0.472. The third-order valence-corrected chi connectivity index (χ3v) is 4.57. The average molecular weight is 334 g/mol. The number of aromatic nitrogens is 5. The molecule has 4 rings (SSSR count). The van der Waals surface area contributed by atoms with Gasteiger partial charge in [-0.25, -0.2) is 9.67 Å². The lowest BCUT2D eigenvalue weighted by atomic mass is 10.2. The normalized spacial score (nSPS) is 14.4. The molecule has 0 bridgehead atoms. The van der Waals surface area contributed by atoms with E-state index in [1.54, 1.807) is 18.0 Å². The molecule has 1 aromatic carbocycles. The quantitative estimate of drug-likeness (QED) is 0.664. The van der Waals surface area contributed by atoms with Gasteiger partial charge in [-0.3, -0.25) is 0 Å². The summed E-state index contributed by atoms with van der Waals surface area (Å²) in [7, 11) is 0. The third-order valence-electron chi connectivity index (χ3n) is 3.35. The van der Waals surface area contributed by atoms with Crippen molar-refractivity contribution in [1.82, 2.24) is 25.2 Å². The molecule has 2 heterocycles. The number of nitrogens with zero attached hydrogens (tertiary/aromatic N) is 5. The van der Waals surface area contributed by atoms with E-state index in [-0.39, 0.29) is 0 Å². The fraction of sp³-hybridized carbons (Fsp3) is 0.286. The Labute approximate surface area is 135 Å². The predicted octanol–water partition coefficient (Wildman–Crippen LogP) is 3.61. The van der Waals surface area contributed by atoms with E-state index in [0.717, 1.165) is 29.3 Å². The summed E-state index contributed by atoms with van der Waals surface area (Å²) in [4.78, 5) is 4.49. The van der Waals surface area contributed by atoms with Crippen LogP contribution in [0.1, 0.15) is 24.6 Å². The molecule has 0 spiro atoms. The summed E-state index contributed by atoms with van der Waals surface area (Å²) in [6.45, 7) is 0. The van der Waals surface area contributed by atoms with Crippen molar-refractivity contribution in [2.75, 3.05) is 0 Å². The van der Waals surface area contributed by atoms with Gasteiger partial charge in [0.2, 0.25) is 11.0 Å². The molecule has 6 nitrogen and oxygen atoms in total. The van der Waals surface area contributed by atoms with Crippen molar-refractivity contribution in [3.05, 3.63) is 41.2 Å². The zero-order valence-electron chi connectivity index (χ0n) is 11.5. The smallest absolute Gasteiger partial charge is 0.226 e. The Kier molecular flexibility index (Phi) is 3.59. The van der Waals surface area contributed by atoms with E-state index < -0.39 is 0 Å². The number of benzene rings is 1. The van der Waals surface area contributed by atoms with Crippen molar-refractivity contribution in [3.63, 3.8) is 0 Å². The Bertz CT molecular complexity index is 781. The Hall–Kier alpha value is -1.86. The zero-order valence-corrected chi connectivity index (χ0v) is 13.1. The Balaban J connectivity index is 1.45. The molecular formula is C14H12ClN5OS. The molecule has 0 aliphatic heterocycles. The number of hydrogen-bond donors (Lipinski definition) is 0. The Morgan fingerprint density at radius 1 is 1.27 bits per heavy atom. The standard InChI is InChI=1S/C14H12ClN5OS/c15-10-3-1-9(2-4-10)13-16-11(7-21-13)8-22-14-17-18-19-20(14)12-5-6-12/h1-4,7,12H,5-6,8H2. The van der Waals surface area contributed by atoms with Crippen LogP contribution in [0.25, 0.3) is 11.5 Å². The first-order valence-electron chi connectivity index (χ1n) is 6.90. The first-order valence-corrected chi connectivity index (χ1v) is 8.27. The summed E-state index contributed by atoms with van der Waals surface area (Å²) in [6.07, 6.45) is 3.98. The molecule has 0 unspecified atom stereocenters. The molecule has 22 heavy (non-hydrogen) atoms. The van der Waals surface area contributed by atoms with Gasteiger partial charge in [-0.2, -0.15) is 0 Å². The van der Waals surface area contributed by atoms with Gasteiger partial charge in [-0.15, -0.1) is 5.10 Å². The second-order valence-corrected chi connectivity index (χ2v) is 6.46. The lowest BCUT2D eigenvalue weighted by molar-refractivity contribution is 0.565. The van der Waals surface area contributed by atoms with Gasteiger partial charge in [0, 0.05) is 16.3 Å². The number of hydrogen-bond acceptors (Lipinski definition) is 6. The van der Waals surface area contributed by atoms with E-state index in [9.17, 15) is 0 Å². The molecule has 1 aliphatic carbocycles. The average Bonchev–Trinajstić information content (AvgIpc) is 3.09. The third kappa shape index (κ3) is 2.86. The number of oxazole rings is 1. The van der Waals surface area contributed by atoms with E-state index in [0.29, 0.717) is 22.7 Å². The largest absolute Gasteiger partial charge is 0.444 e. The van der Waals surface area contributed by atoms with Gasteiger partial charge in [0.15, 0.2) is 0 Å². The van der Waals surface area contributed by atoms with E-state index >= 15 is 0 Å². The fourth-order valence-electron chi connectivity index (χ4n) is 2.07. The van der Waals surface area contributed by atoms with Gasteiger partial charge in [-0.1, -0.05) is 23.4 Å². The van der Waals surface area contributed by atoms with Crippen LogP contribution in [0.2, 0.25) is 5.02 Å². The van der Waals surface area contributed by atoms with E-state index in [1.165, 1.54) is 0 Å². The van der Waals surface area contributed by atoms with Gasteiger partial charge in [0.05, 0.1) is 11.7 Å². The van der Waals surface area contributed by atoms with Crippen LogP contribution in [0.3, 0.4) is 0 Å². The topological polar surface area (TPSA) is 69.6 Å². The predicted molar refractivity (Wildman–Crippen MR) is 82.6 cm³/mol. The summed E-state index contributed by atoms with van der Waals surface area (Å²) >= 11 is 7.45. The monoisotopic (exact) mass is 333 g/mol. The van der Waals surface area contributed by atoms with E-state index in [4.69, 9.17) is 16.0 Å². The number of rotatable bonds is 5. The van der Waals surface area contributed by atoms with E-state index in [1.807, 2.05) is 28.9 Å². The molecule has 0 saturated heterocycles. The molecule has 1 saturated carbocycles. The highest BCUT2D eigenvalue weighted by Gasteiger charge is 2.27. The van der Waals surface area contributed by atoms with Crippen LogP contribution >= 0.6 is 23.4 Å². The van der Waals surface area contributed by atoms with Gasteiger partial charge < -0.3 is 4.42 Å². The van der Waals surface area contributed by atoms with Gasteiger partial charge >= 0.3 is 0 Å². The summed E-state index contributed by atoms with van der Waals surface area (Å²) in [5.41, 5.74) is 1.77. The maximum absolute atomic E-state index is 5.88. The zero-order chi connectivity index (χ0) is 14.9. The highest BCUT2D eigenvalue weighted by atomic mass is 35.5. The SMILES string of the molecule is Clc1ccc(-c2nc(CSc3nnnn3C3CC3)co2)cc1. The van der Waals surface area contributed by atoms with E-state index in [2.05, 4.69) is 20.5 Å². The molecule has 0 radical (unpaired) electrons. The van der Waals surface area contributed by atoms with Crippen LogP contribution in [-0.2, 0) is 5.75 Å². The maximum Gasteiger partial charge on any atom is 0.226 e. The van der Waals surface area contributed by atoms with Crippen molar-refractivity contribution in [3.8, 4) is 11.5 Å². The summed E-state index contributed by atoms with van der Waals surface area (Å²) in [5, 5.41) is 13.4. The molecule has 0 amide bonds. The van der Waals surface area contributed by atoms with Crippen molar-refractivity contribution in [1.29, 1.82) is 0 Å². The van der Waals surface area contributed by atoms with Crippen LogP contribution < -0.4 is 0 Å². The summed E-state index contributed by atoms with van der Waals surface area (Å²) < 4.78 is 7.42. The first kappa shape index (κ1) is 13.8. The second-order valence-electron chi connectivity index (χ2n) is 5.08. The molecule has 1 aliphatic rings. The minimum Gasteiger partial charge on any atom is -0.444 e. The van der Waals surface area contributed by atoms with Crippen LogP contribution in [0.15, 0.2) is 40.1 Å². The first-order chi connectivity index (χ1) is 10.8. The van der Waals surface area contributed by atoms with Crippen molar-refractivity contribution >= 4 is 23.4 Å². The molecule has 112 valence electrons. The highest BCUT2D eigenvalue weighted by molar-refractivity contribution is 7.98. The van der Waals surface area contributed by atoms with Crippen molar-refractivity contribution < 1.29 is 4.42 Å². The maximum atomic E-state index is 5.88. The minimum atomic E-state index is 0.472. The fourth-order valence-corrected chi connectivity index (χ4v) is 3.01. The van der Waals surface area contributed by atoms with Crippen LogP contribution in [0, 0.1) is 0 Å². The number of thioether (sulfide) groups is 1. The van der Waals surface area contributed by atoms with Gasteiger partial charge in [0.1, 0.15) is 6.26 Å². The molecular weight excluding hydrogens is 322 g/mol. The van der Waals surface area contributed by atoms with Crippen LogP contribution in [-0.4, -0.2) is 25.2 Å². The van der Waals surface area contributed by atoms with Gasteiger partial charge in [-0.05, 0) is 47.5 Å². The van der Waals surface area contributed by atoms with Crippen molar-refractivity contribution in [2.45, 2.75) is 29.8 Å². The molecule has 3 aromatic rings. The van der Waals surface area contributed by atoms with Gasteiger partial charge in [0.25, 0.3) is 0 Å². The molecule has 8 heteroatoms. The Morgan fingerprint density at radius 3 is 2.86 bits per heavy atom. The van der Waals surface area contributed by atoms with Crippen LogP contribution in [0.4, 0.5) is 0 Å². The lowest BCUT2D eigenvalue weighted by Crippen LogP contribution is -1.98. The second kappa shape index (κ2) is 5.73. The van der Waals surface area contributed by atoms with Crippen LogP contribution in [0.5, 0.6) is 0 Å². The van der Waals surface area contributed by atoms with Crippen molar-refractivity contribution in [2.24, 2.45) is 0 Å². The number of tetrazole rings is 1. The summed E-state index contributed by atoms with van der Waals surface area (Å²) in [6, 6.07) is 7.88. The number of halogens is 1. The Morgan fingerprint density at radius 2 is 2.09 bits per heavy atom. The highest BCUT2D eigenvalue weighted by Crippen LogP contribution is 2.36. The molecule has 0 N–H and O–H groups in total. The molecule has 0 atom stereocenters. The molecule has 1 fully saturated rings. The molecule has 2 aromatic heterocycles.